The summed E-state index contributed by atoms with van der Waals surface area (Å²) in [6.45, 7) is 13.1. The smallest absolute Gasteiger partial charge is 0.459 e. The predicted octanol–water partition coefficient (Wildman–Crippen LogP) is 3.09. The van der Waals surface area contributed by atoms with E-state index in [0.717, 1.165) is 0 Å². The maximum atomic E-state index is 12.1. The van der Waals surface area contributed by atoms with Crippen LogP contribution in [0.15, 0.2) is 36.5 Å². The Balaban J connectivity index is 2.64. The van der Waals surface area contributed by atoms with Gasteiger partial charge < -0.3 is 42.6 Å². The molecule has 0 spiro atoms. The van der Waals surface area contributed by atoms with Gasteiger partial charge in [-0.1, -0.05) is 19.7 Å². The van der Waals surface area contributed by atoms with Crippen LogP contribution in [-0.4, -0.2) is 94.3 Å². The summed E-state index contributed by atoms with van der Waals surface area (Å²) in [5.41, 5.74) is 0.527. The molecule has 0 bridgehead atoms. The largest absolute Gasteiger partial charge is 0.508 e. The number of ether oxygens (including phenoxy) is 9. The lowest BCUT2D eigenvalue weighted by molar-refractivity contribution is -0.140. The van der Waals surface area contributed by atoms with E-state index < -0.39 is 54.7 Å². The molecule has 0 amide bonds. The van der Waals surface area contributed by atoms with Gasteiger partial charge in [-0.05, 0) is 20.8 Å². The number of esters is 3. The molecule has 0 aliphatic heterocycles. The first-order chi connectivity index (χ1) is 19.8. The Morgan fingerprint density at radius 2 is 0.667 bits per heavy atom. The van der Waals surface area contributed by atoms with Gasteiger partial charge in [0.15, 0.2) is 0 Å². The van der Waals surface area contributed by atoms with Crippen molar-refractivity contribution in [2.75, 3.05) is 39.6 Å². The van der Waals surface area contributed by atoms with Crippen molar-refractivity contribution in [2.45, 2.75) is 58.3 Å². The molecule has 1 rings (SSSR count). The van der Waals surface area contributed by atoms with E-state index in [1.54, 1.807) is 0 Å². The topological polar surface area (TPSA) is 185 Å². The van der Waals surface area contributed by atoms with Crippen molar-refractivity contribution in [3.8, 4) is 0 Å². The van der Waals surface area contributed by atoms with Gasteiger partial charge in [-0.15, -0.1) is 0 Å². The molecular formula is C27H36O15. The van der Waals surface area contributed by atoms with Crippen LogP contribution in [0.3, 0.4) is 0 Å². The highest BCUT2D eigenvalue weighted by molar-refractivity contribution is 5.87. The van der Waals surface area contributed by atoms with Gasteiger partial charge in [0.2, 0.25) is 0 Å². The zero-order valence-corrected chi connectivity index (χ0v) is 23.8. The molecule has 0 radical (unpaired) electrons. The van der Waals surface area contributed by atoms with Gasteiger partial charge in [0, 0.05) is 36.0 Å². The summed E-state index contributed by atoms with van der Waals surface area (Å²) >= 11 is 0. The quantitative estimate of drug-likeness (QED) is 0.115. The molecule has 0 N–H and O–H groups in total. The summed E-state index contributed by atoms with van der Waals surface area (Å²) in [5.74, 6) is -1.96. The monoisotopic (exact) mass is 600 g/mol. The lowest BCUT2D eigenvalue weighted by Crippen LogP contribution is -2.40. The first-order valence-electron chi connectivity index (χ1n) is 12.8. The Hall–Kier alpha value is -4.56. The number of carbonyl (C=O) groups excluding carboxylic acids is 6. The second kappa shape index (κ2) is 18.7. The van der Waals surface area contributed by atoms with Crippen LogP contribution < -0.4 is 0 Å². The Kier molecular flexibility index (Phi) is 15.8. The highest BCUT2D eigenvalue weighted by Gasteiger charge is 2.36. The summed E-state index contributed by atoms with van der Waals surface area (Å²) in [6.07, 6.45) is -6.06. The molecule has 0 aromatic carbocycles. The lowest BCUT2D eigenvalue weighted by atomic mass is 9.92. The van der Waals surface area contributed by atoms with Crippen LogP contribution in [0.2, 0.25) is 0 Å². The third-order valence-corrected chi connectivity index (χ3v) is 5.02. The van der Waals surface area contributed by atoms with E-state index in [1.807, 2.05) is 0 Å². The van der Waals surface area contributed by atoms with Gasteiger partial charge in [0.05, 0.1) is 0 Å². The van der Waals surface area contributed by atoms with E-state index in [0.29, 0.717) is 0 Å². The molecule has 1 fully saturated rings. The van der Waals surface area contributed by atoms with Crippen LogP contribution >= 0.6 is 0 Å². The fourth-order valence-corrected chi connectivity index (χ4v) is 3.12. The van der Waals surface area contributed by atoms with Crippen LogP contribution in [0.4, 0.5) is 14.4 Å². The molecule has 0 saturated heterocycles. The van der Waals surface area contributed by atoms with Crippen molar-refractivity contribution in [2.24, 2.45) is 0 Å². The van der Waals surface area contributed by atoms with E-state index >= 15 is 0 Å². The summed E-state index contributed by atoms with van der Waals surface area (Å²) in [7, 11) is 0. The second-order valence-electron chi connectivity index (χ2n) is 8.97. The third kappa shape index (κ3) is 15.3. The molecule has 234 valence electrons. The van der Waals surface area contributed by atoms with Gasteiger partial charge in [0.1, 0.15) is 58.0 Å². The Labute approximate surface area is 242 Å². The van der Waals surface area contributed by atoms with Crippen molar-refractivity contribution < 1.29 is 71.4 Å². The minimum absolute atomic E-state index is 0.00521. The van der Waals surface area contributed by atoms with E-state index in [4.69, 9.17) is 42.6 Å². The number of hydrogen-bond donors (Lipinski definition) is 0. The Bertz CT molecular complexity index is 896. The summed E-state index contributed by atoms with van der Waals surface area (Å²) in [6, 6.07) is 0. The van der Waals surface area contributed by atoms with E-state index in [-0.39, 0.29) is 75.6 Å². The van der Waals surface area contributed by atoms with Gasteiger partial charge in [-0.25, -0.2) is 28.8 Å². The highest BCUT2D eigenvalue weighted by Crippen LogP contribution is 2.27. The van der Waals surface area contributed by atoms with Crippen LogP contribution in [0.5, 0.6) is 0 Å². The van der Waals surface area contributed by atoms with Crippen molar-refractivity contribution >= 4 is 36.4 Å². The second-order valence-corrected chi connectivity index (χ2v) is 8.97. The molecule has 0 unspecified atom stereocenters. The molecule has 1 aliphatic rings. The van der Waals surface area contributed by atoms with Crippen molar-refractivity contribution in [1.29, 1.82) is 0 Å². The molecule has 42 heavy (non-hydrogen) atoms. The van der Waals surface area contributed by atoms with Crippen LogP contribution in [0, 0.1) is 0 Å². The average Bonchev–Trinajstić information content (AvgIpc) is 2.90. The average molecular weight is 601 g/mol. The minimum Gasteiger partial charge on any atom is -0.459 e. The van der Waals surface area contributed by atoms with Crippen LogP contribution in [-0.2, 0) is 57.0 Å². The molecular weight excluding hydrogens is 564 g/mol. The van der Waals surface area contributed by atoms with Gasteiger partial charge in [0.25, 0.3) is 0 Å². The molecule has 0 aromatic heterocycles. The molecule has 15 heteroatoms. The molecule has 0 heterocycles. The minimum atomic E-state index is -1.10. The number of rotatable bonds is 15. The molecule has 15 nitrogen and oxygen atoms in total. The Morgan fingerprint density at radius 1 is 0.452 bits per heavy atom. The highest BCUT2D eigenvalue weighted by atomic mass is 16.8. The maximum absolute atomic E-state index is 12.1. The fraction of sp³-hybridized carbons (Fsp3) is 0.556. The molecule has 1 saturated carbocycles. The van der Waals surface area contributed by atoms with E-state index in [9.17, 15) is 28.8 Å². The van der Waals surface area contributed by atoms with Crippen molar-refractivity contribution in [3.05, 3.63) is 36.5 Å². The van der Waals surface area contributed by atoms with Crippen LogP contribution in [0.25, 0.3) is 0 Å². The molecule has 0 aromatic rings. The zero-order valence-electron chi connectivity index (χ0n) is 23.8. The zero-order chi connectivity index (χ0) is 31.7. The fourth-order valence-electron chi connectivity index (χ4n) is 3.12. The standard InChI is InChI=1S/C27H36O15/c1-16(2)22(28)34-7-10-37-25(31)40-19-13-20(41-26(32)38-11-8-35-23(29)17(3)4)15-21(14-19)42-27(33)39-12-9-36-24(30)18(5)6/h19-21H,1,3,5,7-15H2,2,4,6H3. The summed E-state index contributed by atoms with van der Waals surface area (Å²) < 4.78 is 44.8. The van der Waals surface area contributed by atoms with Crippen molar-refractivity contribution in [3.63, 3.8) is 0 Å². The van der Waals surface area contributed by atoms with E-state index in [2.05, 4.69) is 19.7 Å². The predicted molar refractivity (Wildman–Crippen MR) is 140 cm³/mol. The van der Waals surface area contributed by atoms with Crippen LogP contribution in [0.1, 0.15) is 40.0 Å². The third-order valence-electron chi connectivity index (χ3n) is 5.02. The molecule has 1 aliphatic carbocycles. The first-order valence-corrected chi connectivity index (χ1v) is 12.8. The SMILES string of the molecule is C=C(C)C(=O)OCCOC(=O)OC1CC(OC(=O)OCCOC(=O)C(=C)C)CC(OC(=O)OCCOC(=O)C(=C)C)C1. The van der Waals surface area contributed by atoms with Gasteiger partial charge in [-0.2, -0.15) is 0 Å². The number of carbonyl (C=O) groups is 6. The van der Waals surface area contributed by atoms with Gasteiger partial charge >= 0.3 is 36.4 Å². The lowest BCUT2D eigenvalue weighted by Gasteiger charge is -2.32. The van der Waals surface area contributed by atoms with E-state index in [1.165, 1.54) is 20.8 Å². The molecule has 0 atom stereocenters. The number of hydrogen-bond acceptors (Lipinski definition) is 15. The Morgan fingerprint density at radius 3 is 0.881 bits per heavy atom. The summed E-state index contributed by atoms with van der Waals surface area (Å²) in [4.78, 5) is 70.6. The van der Waals surface area contributed by atoms with Crippen molar-refractivity contribution in [1.82, 2.24) is 0 Å². The maximum Gasteiger partial charge on any atom is 0.508 e. The van der Waals surface area contributed by atoms with Gasteiger partial charge in [-0.3, -0.25) is 0 Å². The summed E-state index contributed by atoms with van der Waals surface area (Å²) in [5, 5.41) is 0. The normalized spacial score (nSPS) is 17.4. The first kappa shape index (κ1) is 35.5.